The maximum Gasteiger partial charge on any atom is 0.209 e. The molecule has 2 aromatic rings. The minimum absolute atomic E-state index is 0.351. The lowest BCUT2D eigenvalue weighted by atomic mass is 10.1. The molecule has 0 saturated carbocycles. The number of aromatic nitrogens is 4. The number of tetrazole rings is 1. The zero-order chi connectivity index (χ0) is 15.1. The molecule has 0 aliphatic carbocycles. The van der Waals surface area contributed by atoms with Crippen LogP contribution in [0, 0.1) is 17.1 Å². The number of hydrogen-bond donors (Lipinski definition) is 1. The van der Waals surface area contributed by atoms with Crippen molar-refractivity contribution in [2.75, 3.05) is 13.1 Å². The Bertz CT molecular complexity index is 636. The third-order valence-electron chi connectivity index (χ3n) is 2.79. The number of benzene rings is 1. The van der Waals surface area contributed by atoms with Crippen LogP contribution in [0.2, 0.25) is 0 Å². The molecule has 0 atom stereocenters. The highest BCUT2D eigenvalue weighted by Crippen LogP contribution is 2.22. The summed E-state index contributed by atoms with van der Waals surface area (Å²) in [6, 6.07) is 6.20. The molecule has 8 heteroatoms. The third kappa shape index (κ3) is 4.24. The van der Waals surface area contributed by atoms with E-state index in [-0.39, 0.29) is 5.82 Å². The van der Waals surface area contributed by atoms with Crippen LogP contribution < -0.4 is 5.32 Å². The van der Waals surface area contributed by atoms with E-state index in [0.29, 0.717) is 28.6 Å². The second-order valence-electron chi connectivity index (χ2n) is 4.24. The predicted molar refractivity (Wildman–Crippen MR) is 77.0 cm³/mol. The maximum absolute atomic E-state index is 13.3. The summed E-state index contributed by atoms with van der Waals surface area (Å²) in [5.41, 5.74) is 1.11. The number of likely N-dealkylation sites (N-methyl/N-ethyl adjacent to an activating group) is 1. The van der Waals surface area contributed by atoms with E-state index in [1.165, 1.54) is 30.0 Å². The van der Waals surface area contributed by atoms with Crippen molar-refractivity contribution in [1.29, 1.82) is 5.26 Å². The van der Waals surface area contributed by atoms with Gasteiger partial charge in [-0.1, -0.05) is 18.7 Å². The summed E-state index contributed by atoms with van der Waals surface area (Å²) >= 11 is 1.38. The first-order valence-electron chi connectivity index (χ1n) is 6.52. The highest BCUT2D eigenvalue weighted by molar-refractivity contribution is 7.98. The zero-order valence-corrected chi connectivity index (χ0v) is 12.4. The monoisotopic (exact) mass is 306 g/mol. The summed E-state index contributed by atoms with van der Waals surface area (Å²) in [7, 11) is 0. The molecule has 0 aliphatic heterocycles. The molecule has 1 aromatic heterocycles. The van der Waals surface area contributed by atoms with Gasteiger partial charge in [0.1, 0.15) is 5.82 Å². The Morgan fingerprint density at radius 2 is 2.33 bits per heavy atom. The van der Waals surface area contributed by atoms with Crippen molar-refractivity contribution in [3.8, 4) is 6.07 Å². The molecular weight excluding hydrogens is 291 g/mol. The number of thioether (sulfide) groups is 1. The summed E-state index contributed by atoms with van der Waals surface area (Å²) in [6.45, 7) is 4.36. The number of nitriles is 1. The lowest BCUT2D eigenvalue weighted by Gasteiger charge is -2.06. The highest BCUT2D eigenvalue weighted by atomic mass is 32.2. The molecule has 0 unspecified atom stereocenters. The molecule has 0 amide bonds. The van der Waals surface area contributed by atoms with E-state index in [2.05, 4.69) is 26.9 Å². The van der Waals surface area contributed by atoms with Gasteiger partial charge in [-0.05, 0) is 40.7 Å². The molecule has 0 fully saturated rings. The van der Waals surface area contributed by atoms with Gasteiger partial charge in [-0.15, -0.1) is 5.10 Å². The van der Waals surface area contributed by atoms with Crippen LogP contribution in [-0.4, -0.2) is 33.3 Å². The zero-order valence-electron chi connectivity index (χ0n) is 11.6. The number of rotatable bonds is 7. The minimum Gasteiger partial charge on any atom is -0.315 e. The molecule has 0 aliphatic rings. The Kier molecular flexibility index (Phi) is 5.66. The van der Waals surface area contributed by atoms with E-state index < -0.39 is 0 Å². The van der Waals surface area contributed by atoms with Gasteiger partial charge >= 0.3 is 0 Å². The van der Waals surface area contributed by atoms with Crippen molar-refractivity contribution in [2.24, 2.45) is 0 Å². The van der Waals surface area contributed by atoms with Gasteiger partial charge in [0.15, 0.2) is 0 Å². The summed E-state index contributed by atoms with van der Waals surface area (Å²) in [6.07, 6.45) is 0. The SMILES string of the molecule is CCNCCn1nnnc1SCc1cc(F)ccc1C#N. The van der Waals surface area contributed by atoms with Gasteiger partial charge in [0, 0.05) is 12.3 Å². The van der Waals surface area contributed by atoms with Crippen molar-refractivity contribution in [3.63, 3.8) is 0 Å². The normalized spacial score (nSPS) is 10.5. The standard InChI is InChI=1S/C13H15FN6S/c1-2-16-5-6-20-13(17-18-19-20)21-9-11-7-12(14)4-3-10(11)8-15/h3-4,7,16H,2,5-6,9H2,1H3. The summed E-state index contributed by atoms with van der Waals surface area (Å²) < 4.78 is 15.0. The second kappa shape index (κ2) is 7.71. The number of halogens is 1. The summed E-state index contributed by atoms with van der Waals surface area (Å²) in [4.78, 5) is 0. The maximum atomic E-state index is 13.3. The Morgan fingerprint density at radius 1 is 1.48 bits per heavy atom. The van der Waals surface area contributed by atoms with Gasteiger partial charge in [0.25, 0.3) is 0 Å². The first-order chi connectivity index (χ1) is 10.2. The van der Waals surface area contributed by atoms with Crippen LogP contribution in [0.15, 0.2) is 23.4 Å². The minimum atomic E-state index is -0.351. The van der Waals surface area contributed by atoms with E-state index in [9.17, 15) is 4.39 Å². The molecule has 1 aromatic carbocycles. The van der Waals surface area contributed by atoms with E-state index in [1.54, 1.807) is 4.68 Å². The van der Waals surface area contributed by atoms with E-state index in [1.807, 2.05) is 6.92 Å². The number of nitrogens with zero attached hydrogens (tertiary/aromatic N) is 5. The topological polar surface area (TPSA) is 79.4 Å². The van der Waals surface area contributed by atoms with Crippen LogP contribution in [0.3, 0.4) is 0 Å². The quantitative estimate of drug-likeness (QED) is 0.618. The molecule has 21 heavy (non-hydrogen) atoms. The fraction of sp³-hybridized carbons (Fsp3) is 0.385. The fourth-order valence-electron chi connectivity index (χ4n) is 1.73. The molecule has 0 saturated heterocycles. The van der Waals surface area contributed by atoms with Gasteiger partial charge in [-0.25, -0.2) is 9.07 Å². The van der Waals surface area contributed by atoms with Crippen molar-refractivity contribution < 1.29 is 4.39 Å². The Balaban J connectivity index is 2.02. The van der Waals surface area contributed by atoms with Crippen LogP contribution in [0.25, 0.3) is 0 Å². The lowest BCUT2D eigenvalue weighted by Crippen LogP contribution is -2.20. The molecule has 1 N–H and O–H groups in total. The second-order valence-corrected chi connectivity index (χ2v) is 5.18. The number of hydrogen-bond acceptors (Lipinski definition) is 6. The third-order valence-corrected chi connectivity index (χ3v) is 3.80. The van der Waals surface area contributed by atoms with Crippen LogP contribution in [0.4, 0.5) is 4.39 Å². The molecule has 2 rings (SSSR count). The largest absolute Gasteiger partial charge is 0.315 e. The Morgan fingerprint density at radius 3 is 3.10 bits per heavy atom. The van der Waals surface area contributed by atoms with Gasteiger partial charge in [-0.3, -0.25) is 0 Å². The van der Waals surface area contributed by atoms with Crippen molar-refractivity contribution >= 4 is 11.8 Å². The summed E-state index contributed by atoms with van der Waals surface area (Å²) in [5, 5.41) is 24.4. The average Bonchev–Trinajstić information content (AvgIpc) is 2.93. The van der Waals surface area contributed by atoms with Gasteiger partial charge in [0.05, 0.1) is 18.2 Å². The predicted octanol–water partition coefficient (Wildman–Crippen LogP) is 1.59. The fourth-order valence-corrected chi connectivity index (χ4v) is 2.63. The van der Waals surface area contributed by atoms with Gasteiger partial charge in [-0.2, -0.15) is 5.26 Å². The first-order valence-corrected chi connectivity index (χ1v) is 7.51. The van der Waals surface area contributed by atoms with Crippen LogP contribution in [0.5, 0.6) is 0 Å². The van der Waals surface area contributed by atoms with E-state index in [4.69, 9.17) is 5.26 Å². The molecular formula is C13H15FN6S. The van der Waals surface area contributed by atoms with Crippen LogP contribution in [-0.2, 0) is 12.3 Å². The van der Waals surface area contributed by atoms with Crippen LogP contribution >= 0.6 is 11.8 Å². The lowest BCUT2D eigenvalue weighted by molar-refractivity contribution is 0.517. The summed E-state index contributed by atoms with van der Waals surface area (Å²) in [5.74, 6) is 0.0960. The number of nitrogens with one attached hydrogen (secondary N) is 1. The van der Waals surface area contributed by atoms with E-state index in [0.717, 1.165) is 13.1 Å². The van der Waals surface area contributed by atoms with Gasteiger partial charge in [0.2, 0.25) is 5.16 Å². The smallest absolute Gasteiger partial charge is 0.209 e. The highest BCUT2D eigenvalue weighted by Gasteiger charge is 2.09. The molecule has 0 bridgehead atoms. The van der Waals surface area contributed by atoms with Crippen LogP contribution in [0.1, 0.15) is 18.1 Å². The molecule has 0 radical (unpaired) electrons. The van der Waals surface area contributed by atoms with Gasteiger partial charge < -0.3 is 5.32 Å². The average molecular weight is 306 g/mol. The molecule has 110 valence electrons. The Hall–Kier alpha value is -1.98. The van der Waals surface area contributed by atoms with E-state index >= 15 is 0 Å². The molecule has 0 spiro atoms. The molecule has 1 heterocycles. The molecule has 6 nitrogen and oxygen atoms in total. The first kappa shape index (κ1) is 15.4. The van der Waals surface area contributed by atoms with Crippen molar-refractivity contribution in [1.82, 2.24) is 25.5 Å². The van der Waals surface area contributed by atoms with Crippen molar-refractivity contribution in [2.45, 2.75) is 24.4 Å². The van der Waals surface area contributed by atoms with Crippen molar-refractivity contribution in [3.05, 3.63) is 35.1 Å². The Labute approximate surface area is 126 Å².